The van der Waals surface area contributed by atoms with Crippen LogP contribution in [0.15, 0.2) is 73.1 Å². The fourth-order valence-corrected chi connectivity index (χ4v) is 2.75. The van der Waals surface area contributed by atoms with Gasteiger partial charge < -0.3 is 15.4 Å². The van der Waals surface area contributed by atoms with Crippen molar-refractivity contribution in [3.63, 3.8) is 0 Å². The first-order valence-electron chi connectivity index (χ1n) is 8.09. The van der Waals surface area contributed by atoms with Gasteiger partial charge in [-0.3, -0.25) is 9.78 Å². The van der Waals surface area contributed by atoms with E-state index in [1.807, 2.05) is 18.2 Å². The number of benzene rings is 2. The average Bonchev–Trinajstić information content (AvgIpc) is 2.69. The van der Waals surface area contributed by atoms with E-state index in [1.165, 1.54) is 6.20 Å². The molecule has 0 saturated heterocycles. The molecular formula is C20H15N3O3. The van der Waals surface area contributed by atoms with E-state index in [1.54, 1.807) is 48.7 Å². The highest BCUT2D eigenvalue weighted by Crippen LogP contribution is 2.27. The Morgan fingerprint density at radius 1 is 0.962 bits per heavy atom. The minimum absolute atomic E-state index is 0.128. The highest BCUT2D eigenvalue weighted by molar-refractivity contribution is 6.01. The van der Waals surface area contributed by atoms with Crippen LogP contribution in [0.1, 0.15) is 32.4 Å². The van der Waals surface area contributed by atoms with Crippen LogP contribution in [0.3, 0.4) is 0 Å². The smallest absolute Gasteiger partial charge is 0.345 e. The zero-order chi connectivity index (χ0) is 17.9. The molecular weight excluding hydrogens is 330 g/mol. The van der Waals surface area contributed by atoms with Crippen molar-refractivity contribution in [1.82, 2.24) is 10.3 Å². The highest BCUT2D eigenvalue weighted by Gasteiger charge is 2.24. The van der Waals surface area contributed by atoms with Crippen LogP contribution in [-0.4, -0.2) is 16.9 Å². The number of nitrogens with one attached hydrogen (secondary N) is 2. The number of esters is 1. The van der Waals surface area contributed by atoms with Crippen molar-refractivity contribution in [1.29, 1.82) is 0 Å². The fraction of sp³-hybridized carbons (Fsp3) is 0.0500. The van der Waals surface area contributed by atoms with E-state index in [0.717, 1.165) is 11.3 Å². The summed E-state index contributed by atoms with van der Waals surface area (Å²) >= 11 is 0. The number of para-hydroxylation sites is 1. The molecule has 0 aliphatic carbocycles. The first-order chi connectivity index (χ1) is 12.7. The van der Waals surface area contributed by atoms with Crippen LogP contribution < -0.4 is 15.4 Å². The lowest BCUT2D eigenvalue weighted by Crippen LogP contribution is -2.38. The number of carbonyl (C=O) groups is 2. The van der Waals surface area contributed by atoms with Crippen LogP contribution in [0, 0.1) is 0 Å². The van der Waals surface area contributed by atoms with Gasteiger partial charge in [-0.15, -0.1) is 0 Å². The first kappa shape index (κ1) is 15.8. The number of rotatable bonds is 3. The molecule has 6 nitrogen and oxygen atoms in total. The Bertz CT molecular complexity index is 956. The molecule has 0 fully saturated rings. The van der Waals surface area contributed by atoms with Crippen LogP contribution in [0.5, 0.6) is 5.75 Å². The molecule has 128 valence electrons. The molecule has 26 heavy (non-hydrogen) atoms. The summed E-state index contributed by atoms with van der Waals surface area (Å²) in [6.07, 6.45) is 2.70. The third kappa shape index (κ3) is 3.12. The average molecular weight is 345 g/mol. The molecule has 1 atom stereocenters. The second-order valence-electron chi connectivity index (χ2n) is 5.80. The largest absolute Gasteiger partial charge is 0.423 e. The normalized spacial score (nSPS) is 15.4. The summed E-state index contributed by atoms with van der Waals surface area (Å²) in [5.74, 6) is -0.176. The number of pyridine rings is 1. The van der Waals surface area contributed by atoms with Gasteiger partial charge in [-0.25, -0.2) is 4.79 Å². The summed E-state index contributed by atoms with van der Waals surface area (Å²) in [6, 6.07) is 17.7. The van der Waals surface area contributed by atoms with Crippen molar-refractivity contribution in [3.05, 3.63) is 89.7 Å². The molecule has 0 spiro atoms. The molecule has 4 rings (SSSR count). The van der Waals surface area contributed by atoms with Gasteiger partial charge in [0.2, 0.25) is 0 Å². The second-order valence-corrected chi connectivity index (χ2v) is 5.80. The summed E-state index contributed by atoms with van der Waals surface area (Å²) in [7, 11) is 0. The van der Waals surface area contributed by atoms with Crippen molar-refractivity contribution < 1.29 is 14.3 Å². The van der Waals surface area contributed by atoms with E-state index in [9.17, 15) is 9.59 Å². The molecule has 6 heteroatoms. The molecule has 1 unspecified atom stereocenters. The standard InChI is InChI=1S/C20H15N3O3/c24-19-16-5-1-2-6-17(16)22-18(23-19)13-7-9-15(10-8-13)26-20(25)14-4-3-11-21-12-14/h1-12,18,22H,(H,23,24). The summed E-state index contributed by atoms with van der Waals surface area (Å²) < 4.78 is 5.33. The molecule has 2 N–H and O–H groups in total. The van der Waals surface area contributed by atoms with E-state index in [0.29, 0.717) is 16.9 Å². The number of fused-ring (bicyclic) bond motifs is 1. The number of amides is 1. The van der Waals surface area contributed by atoms with Gasteiger partial charge in [0.1, 0.15) is 11.9 Å². The number of nitrogens with zero attached hydrogens (tertiary/aromatic N) is 1. The van der Waals surface area contributed by atoms with Crippen molar-refractivity contribution in [2.24, 2.45) is 0 Å². The number of ether oxygens (including phenoxy) is 1. The van der Waals surface area contributed by atoms with Gasteiger partial charge in [-0.2, -0.15) is 0 Å². The van der Waals surface area contributed by atoms with Crippen LogP contribution in [0.25, 0.3) is 0 Å². The molecule has 2 heterocycles. The van der Waals surface area contributed by atoms with Crippen molar-refractivity contribution >= 4 is 17.6 Å². The molecule has 2 aromatic carbocycles. The topological polar surface area (TPSA) is 80.3 Å². The van der Waals surface area contributed by atoms with Gasteiger partial charge in [-0.1, -0.05) is 24.3 Å². The number of anilines is 1. The third-order valence-electron chi connectivity index (χ3n) is 4.07. The van der Waals surface area contributed by atoms with E-state index in [2.05, 4.69) is 15.6 Å². The molecule has 1 aromatic heterocycles. The molecule has 1 aliphatic rings. The molecule has 1 aliphatic heterocycles. The monoisotopic (exact) mass is 345 g/mol. The summed E-state index contributed by atoms with van der Waals surface area (Å²) in [4.78, 5) is 28.2. The lowest BCUT2D eigenvalue weighted by atomic mass is 10.1. The Kier molecular flexibility index (Phi) is 4.07. The predicted molar refractivity (Wildman–Crippen MR) is 95.9 cm³/mol. The molecule has 3 aromatic rings. The Morgan fingerprint density at radius 3 is 2.54 bits per heavy atom. The van der Waals surface area contributed by atoms with Gasteiger partial charge in [0.05, 0.1) is 11.1 Å². The molecule has 0 saturated carbocycles. The third-order valence-corrected chi connectivity index (χ3v) is 4.07. The maximum absolute atomic E-state index is 12.2. The van der Waals surface area contributed by atoms with Gasteiger partial charge in [-0.05, 0) is 42.0 Å². The van der Waals surface area contributed by atoms with Crippen molar-refractivity contribution in [2.45, 2.75) is 6.17 Å². The van der Waals surface area contributed by atoms with Crippen LogP contribution in [-0.2, 0) is 0 Å². The summed E-state index contributed by atoms with van der Waals surface area (Å²) in [6.45, 7) is 0. The Morgan fingerprint density at radius 2 is 1.77 bits per heavy atom. The van der Waals surface area contributed by atoms with Gasteiger partial charge in [0.15, 0.2) is 0 Å². The zero-order valence-corrected chi connectivity index (χ0v) is 13.7. The number of hydrogen-bond acceptors (Lipinski definition) is 5. The maximum atomic E-state index is 12.2. The van der Waals surface area contributed by atoms with Crippen LogP contribution in [0.4, 0.5) is 5.69 Å². The Labute approximate surface area is 149 Å². The summed E-state index contributed by atoms with van der Waals surface area (Å²) in [5.41, 5.74) is 2.64. The second kappa shape index (κ2) is 6.68. The van der Waals surface area contributed by atoms with Crippen LogP contribution >= 0.6 is 0 Å². The predicted octanol–water partition coefficient (Wildman–Crippen LogP) is 3.15. The van der Waals surface area contributed by atoms with Crippen LogP contribution in [0.2, 0.25) is 0 Å². The maximum Gasteiger partial charge on any atom is 0.345 e. The van der Waals surface area contributed by atoms with E-state index in [4.69, 9.17) is 4.74 Å². The van der Waals surface area contributed by atoms with Gasteiger partial charge in [0, 0.05) is 18.1 Å². The summed E-state index contributed by atoms with van der Waals surface area (Å²) in [5, 5.41) is 6.19. The van der Waals surface area contributed by atoms with Crippen molar-refractivity contribution in [3.8, 4) is 5.75 Å². The molecule has 0 bridgehead atoms. The zero-order valence-electron chi connectivity index (χ0n) is 13.7. The number of hydrogen-bond donors (Lipinski definition) is 2. The molecule has 1 amide bonds. The van der Waals surface area contributed by atoms with E-state index < -0.39 is 5.97 Å². The van der Waals surface area contributed by atoms with Gasteiger partial charge >= 0.3 is 5.97 Å². The molecule has 0 radical (unpaired) electrons. The van der Waals surface area contributed by atoms with E-state index >= 15 is 0 Å². The number of aromatic nitrogens is 1. The number of carbonyl (C=O) groups excluding carboxylic acids is 2. The Hall–Kier alpha value is -3.67. The SMILES string of the molecule is O=C(Oc1ccc(C2NC(=O)c3ccccc3N2)cc1)c1cccnc1. The quantitative estimate of drug-likeness (QED) is 0.563. The van der Waals surface area contributed by atoms with E-state index in [-0.39, 0.29) is 12.1 Å². The van der Waals surface area contributed by atoms with Gasteiger partial charge in [0.25, 0.3) is 5.91 Å². The highest BCUT2D eigenvalue weighted by atomic mass is 16.5. The minimum Gasteiger partial charge on any atom is -0.423 e. The Balaban J connectivity index is 1.48. The lowest BCUT2D eigenvalue weighted by molar-refractivity contribution is 0.0734. The van der Waals surface area contributed by atoms with Crippen molar-refractivity contribution in [2.75, 3.05) is 5.32 Å². The lowest BCUT2D eigenvalue weighted by Gasteiger charge is -2.28. The minimum atomic E-state index is -0.469. The first-order valence-corrected chi connectivity index (χ1v) is 8.09. The fourth-order valence-electron chi connectivity index (χ4n) is 2.75.